The standard InChI is InChI=1S/C21H22N2O9/c1-28-14-6-7-15(16(11-14)23(26)27)22-19(24)12-32-20(25)8-5-13-9-17(29-2)21(31-4)18(10-13)30-3/h5-11H,12H2,1-4H3,(H,22,24)/b8-5+. The van der Waals surface area contributed by atoms with E-state index in [0.29, 0.717) is 22.8 Å². The molecular formula is C21H22N2O9. The van der Waals surface area contributed by atoms with Crippen LogP contribution in [0, 0.1) is 10.1 Å². The Morgan fingerprint density at radius 3 is 2.19 bits per heavy atom. The van der Waals surface area contributed by atoms with Gasteiger partial charge in [-0.2, -0.15) is 0 Å². The van der Waals surface area contributed by atoms with E-state index in [9.17, 15) is 19.7 Å². The molecule has 11 nitrogen and oxygen atoms in total. The van der Waals surface area contributed by atoms with Crippen LogP contribution in [0.25, 0.3) is 6.08 Å². The van der Waals surface area contributed by atoms with Crippen LogP contribution in [-0.2, 0) is 14.3 Å². The molecule has 11 heteroatoms. The van der Waals surface area contributed by atoms with E-state index in [1.807, 2.05) is 0 Å². The zero-order valence-electron chi connectivity index (χ0n) is 17.9. The number of nitro benzene ring substituents is 1. The number of amides is 1. The van der Waals surface area contributed by atoms with Crippen molar-refractivity contribution < 1.29 is 38.2 Å². The number of hydrogen-bond acceptors (Lipinski definition) is 9. The van der Waals surface area contributed by atoms with E-state index in [-0.39, 0.29) is 17.1 Å². The number of benzene rings is 2. The molecule has 0 spiro atoms. The zero-order chi connectivity index (χ0) is 23.7. The molecule has 2 aromatic carbocycles. The van der Waals surface area contributed by atoms with Gasteiger partial charge in [0.15, 0.2) is 18.1 Å². The number of rotatable bonds is 10. The number of carbonyl (C=O) groups is 2. The second-order valence-electron chi connectivity index (χ2n) is 6.09. The molecule has 0 unspecified atom stereocenters. The first-order valence-corrected chi connectivity index (χ1v) is 9.10. The van der Waals surface area contributed by atoms with Crippen molar-refractivity contribution in [3.05, 3.63) is 52.1 Å². The maximum absolute atomic E-state index is 12.0. The van der Waals surface area contributed by atoms with E-state index in [4.69, 9.17) is 23.7 Å². The average molecular weight is 446 g/mol. The number of nitrogens with zero attached hydrogens (tertiary/aromatic N) is 1. The first-order chi connectivity index (χ1) is 15.3. The van der Waals surface area contributed by atoms with Gasteiger partial charge in [0.1, 0.15) is 11.4 Å². The van der Waals surface area contributed by atoms with Crippen LogP contribution in [0.4, 0.5) is 11.4 Å². The van der Waals surface area contributed by atoms with Crippen molar-refractivity contribution in [1.82, 2.24) is 0 Å². The molecule has 1 N–H and O–H groups in total. The average Bonchev–Trinajstić information content (AvgIpc) is 2.80. The molecule has 0 radical (unpaired) electrons. The summed E-state index contributed by atoms with van der Waals surface area (Å²) in [7, 11) is 5.76. The van der Waals surface area contributed by atoms with Crippen LogP contribution in [0.1, 0.15) is 5.56 Å². The molecule has 0 atom stereocenters. The summed E-state index contributed by atoms with van der Waals surface area (Å²) in [4.78, 5) is 34.5. The van der Waals surface area contributed by atoms with Crippen molar-refractivity contribution in [2.24, 2.45) is 0 Å². The van der Waals surface area contributed by atoms with Crippen LogP contribution in [0.5, 0.6) is 23.0 Å². The molecule has 32 heavy (non-hydrogen) atoms. The Balaban J connectivity index is 2.01. The van der Waals surface area contributed by atoms with Gasteiger partial charge in [0.2, 0.25) is 5.75 Å². The summed E-state index contributed by atoms with van der Waals surface area (Å²) in [6.07, 6.45) is 2.56. The molecule has 1 amide bonds. The largest absolute Gasteiger partial charge is 0.496 e. The van der Waals surface area contributed by atoms with E-state index in [1.54, 1.807) is 12.1 Å². The molecule has 0 aliphatic carbocycles. The summed E-state index contributed by atoms with van der Waals surface area (Å²) in [5, 5.41) is 13.5. The fourth-order valence-corrected chi connectivity index (χ4v) is 2.63. The third-order valence-electron chi connectivity index (χ3n) is 4.12. The molecule has 2 aromatic rings. The molecule has 0 heterocycles. The van der Waals surface area contributed by atoms with Gasteiger partial charge in [-0.05, 0) is 35.9 Å². The van der Waals surface area contributed by atoms with E-state index in [2.05, 4.69) is 5.32 Å². The molecule has 0 aliphatic heterocycles. The van der Waals surface area contributed by atoms with Crippen molar-refractivity contribution in [1.29, 1.82) is 0 Å². The lowest BCUT2D eigenvalue weighted by Gasteiger charge is -2.12. The topological polar surface area (TPSA) is 135 Å². The Morgan fingerprint density at radius 2 is 1.66 bits per heavy atom. The summed E-state index contributed by atoms with van der Waals surface area (Å²) in [5.41, 5.74) is 0.158. The Bertz CT molecular complexity index is 1010. The van der Waals surface area contributed by atoms with Crippen LogP contribution in [0.3, 0.4) is 0 Å². The number of hydrogen-bond donors (Lipinski definition) is 1. The highest BCUT2D eigenvalue weighted by atomic mass is 16.6. The minimum absolute atomic E-state index is 0.0511. The Kier molecular flexibility index (Phi) is 8.40. The van der Waals surface area contributed by atoms with Gasteiger partial charge < -0.3 is 29.0 Å². The lowest BCUT2D eigenvalue weighted by atomic mass is 10.1. The monoisotopic (exact) mass is 446 g/mol. The predicted octanol–water partition coefficient (Wildman–Crippen LogP) is 2.82. The second kappa shape index (κ2) is 11.2. The highest BCUT2D eigenvalue weighted by Crippen LogP contribution is 2.38. The van der Waals surface area contributed by atoms with Crippen molar-refractivity contribution in [3.63, 3.8) is 0 Å². The SMILES string of the molecule is COc1ccc(NC(=O)COC(=O)/C=C/c2cc(OC)c(OC)c(OC)c2)c([N+](=O)[O-])c1. The first kappa shape index (κ1) is 24.0. The Morgan fingerprint density at radius 1 is 1.00 bits per heavy atom. The summed E-state index contributed by atoms with van der Waals surface area (Å²) in [6, 6.07) is 7.19. The third-order valence-corrected chi connectivity index (χ3v) is 4.12. The molecule has 0 fully saturated rings. The van der Waals surface area contributed by atoms with E-state index < -0.39 is 23.4 Å². The van der Waals surface area contributed by atoms with Crippen molar-refractivity contribution in [2.75, 3.05) is 40.4 Å². The third kappa shape index (κ3) is 6.11. The van der Waals surface area contributed by atoms with Gasteiger partial charge in [0, 0.05) is 6.08 Å². The number of methoxy groups -OCH3 is 4. The van der Waals surface area contributed by atoms with Crippen LogP contribution in [0.15, 0.2) is 36.4 Å². The van der Waals surface area contributed by atoms with Gasteiger partial charge in [0.25, 0.3) is 11.6 Å². The summed E-state index contributed by atoms with van der Waals surface area (Å²) < 4.78 is 25.5. The maximum Gasteiger partial charge on any atom is 0.331 e. The molecule has 170 valence electrons. The second-order valence-corrected chi connectivity index (χ2v) is 6.09. The van der Waals surface area contributed by atoms with Gasteiger partial charge in [-0.1, -0.05) is 0 Å². The molecule has 0 saturated carbocycles. The van der Waals surface area contributed by atoms with Crippen molar-refractivity contribution in [2.45, 2.75) is 0 Å². The maximum atomic E-state index is 12.0. The zero-order valence-corrected chi connectivity index (χ0v) is 17.9. The fourth-order valence-electron chi connectivity index (χ4n) is 2.63. The lowest BCUT2D eigenvalue weighted by Crippen LogP contribution is -2.20. The quantitative estimate of drug-likeness (QED) is 0.253. The Labute approximate surface area is 183 Å². The molecule has 0 bridgehead atoms. The number of ether oxygens (including phenoxy) is 5. The van der Waals surface area contributed by atoms with Gasteiger partial charge in [0.05, 0.1) is 39.4 Å². The van der Waals surface area contributed by atoms with E-state index in [1.165, 1.54) is 52.7 Å². The minimum atomic E-state index is -0.793. The number of nitro groups is 1. The number of anilines is 1. The fraction of sp³-hybridized carbons (Fsp3) is 0.238. The summed E-state index contributed by atoms with van der Waals surface area (Å²) in [6.45, 7) is -0.637. The van der Waals surface area contributed by atoms with Crippen LogP contribution in [-0.4, -0.2) is 51.8 Å². The van der Waals surface area contributed by atoms with Gasteiger partial charge in [-0.15, -0.1) is 0 Å². The lowest BCUT2D eigenvalue weighted by molar-refractivity contribution is -0.384. The molecule has 0 aromatic heterocycles. The number of esters is 1. The first-order valence-electron chi connectivity index (χ1n) is 9.10. The summed E-state index contributed by atoms with van der Waals surface area (Å²) >= 11 is 0. The van der Waals surface area contributed by atoms with Gasteiger partial charge in [-0.25, -0.2) is 4.79 Å². The van der Waals surface area contributed by atoms with E-state index in [0.717, 1.165) is 6.08 Å². The molecule has 2 rings (SSSR count). The van der Waals surface area contributed by atoms with E-state index >= 15 is 0 Å². The molecule has 0 aliphatic rings. The minimum Gasteiger partial charge on any atom is -0.496 e. The van der Waals surface area contributed by atoms with Crippen molar-refractivity contribution >= 4 is 29.3 Å². The number of nitrogens with one attached hydrogen (secondary N) is 1. The normalized spacial score (nSPS) is 10.4. The van der Waals surface area contributed by atoms with Gasteiger partial charge >= 0.3 is 5.97 Å². The predicted molar refractivity (Wildman–Crippen MR) is 114 cm³/mol. The molecule has 0 saturated heterocycles. The van der Waals surface area contributed by atoms with Crippen LogP contribution in [0.2, 0.25) is 0 Å². The van der Waals surface area contributed by atoms with Crippen LogP contribution >= 0.6 is 0 Å². The van der Waals surface area contributed by atoms with Crippen LogP contribution < -0.4 is 24.3 Å². The smallest absolute Gasteiger partial charge is 0.331 e. The molecular weight excluding hydrogens is 424 g/mol. The number of carbonyl (C=O) groups excluding carboxylic acids is 2. The Hall–Kier alpha value is -4.28. The van der Waals surface area contributed by atoms with Crippen molar-refractivity contribution in [3.8, 4) is 23.0 Å². The highest BCUT2D eigenvalue weighted by Gasteiger charge is 2.18. The highest BCUT2D eigenvalue weighted by molar-refractivity contribution is 5.96. The van der Waals surface area contributed by atoms with Gasteiger partial charge in [-0.3, -0.25) is 14.9 Å². The summed E-state index contributed by atoms with van der Waals surface area (Å²) in [5.74, 6) is -0.0660.